The van der Waals surface area contributed by atoms with E-state index in [2.05, 4.69) is 23.4 Å². The molecule has 1 amide bonds. The number of hydrogen-bond acceptors (Lipinski definition) is 5. The maximum atomic E-state index is 12.1. The van der Waals surface area contributed by atoms with Gasteiger partial charge in [-0.3, -0.25) is 4.79 Å². The van der Waals surface area contributed by atoms with Crippen LogP contribution in [0.2, 0.25) is 0 Å². The van der Waals surface area contributed by atoms with E-state index in [4.69, 9.17) is 5.73 Å². The van der Waals surface area contributed by atoms with Crippen LogP contribution in [0.25, 0.3) is 0 Å². The molecule has 4 nitrogen and oxygen atoms in total. The largest absolute Gasteiger partial charge is 0.375 e. The highest BCUT2D eigenvalue weighted by Crippen LogP contribution is 2.15. The summed E-state index contributed by atoms with van der Waals surface area (Å²) >= 11 is 3.09. The number of nitrogens with two attached hydrogens (primary N) is 1. The zero-order valence-corrected chi connectivity index (χ0v) is 12.6. The zero-order valence-electron chi connectivity index (χ0n) is 11.0. The van der Waals surface area contributed by atoms with E-state index in [0.717, 1.165) is 12.1 Å². The van der Waals surface area contributed by atoms with Crippen LogP contribution in [0.5, 0.6) is 0 Å². The minimum Gasteiger partial charge on any atom is -0.375 e. The molecule has 6 heteroatoms. The van der Waals surface area contributed by atoms with Crippen LogP contribution >= 0.6 is 22.7 Å². The lowest BCUT2D eigenvalue weighted by Gasteiger charge is -2.24. The third kappa shape index (κ3) is 3.78. The van der Waals surface area contributed by atoms with Crippen molar-refractivity contribution < 1.29 is 4.79 Å². The third-order valence-electron chi connectivity index (χ3n) is 3.03. The van der Waals surface area contributed by atoms with Crippen molar-refractivity contribution in [3.63, 3.8) is 0 Å². The molecule has 1 atom stereocenters. The molecule has 0 saturated heterocycles. The van der Waals surface area contributed by atoms with Crippen LogP contribution in [-0.4, -0.2) is 28.9 Å². The van der Waals surface area contributed by atoms with Crippen LogP contribution < -0.4 is 5.73 Å². The van der Waals surface area contributed by atoms with E-state index in [1.54, 1.807) is 16.2 Å². The first-order valence-electron chi connectivity index (χ1n) is 6.04. The van der Waals surface area contributed by atoms with Crippen molar-refractivity contribution in [3.05, 3.63) is 33.5 Å². The number of thiazole rings is 1. The Kier molecular flexibility index (Phi) is 4.55. The summed E-state index contributed by atoms with van der Waals surface area (Å²) in [5.41, 5.74) is 6.32. The van der Waals surface area contributed by atoms with Crippen molar-refractivity contribution in [2.75, 3.05) is 12.8 Å². The predicted octanol–water partition coefficient (Wildman–Crippen LogP) is 2.42. The SMILES string of the molecule is CC(Cc1cccs1)N(C)C(=O)Cc1csc(N)n1. The second-order valence-corrected chi connectivity index (χ2v) is 6.41. The van der Waals surface area contributed by atoms with Gasteiger partial charge in [-0.25, -0.2) is 4.98 Å². The quantitative estimate of drug-likeness (QED) is 0.921. The molecular formula is C13H17N3OS2. The number of aromatic nitrogens is 1. The first-order valence-corrected chi connectivity index (χ1v) is 7.80. The van der Waals surface area contributed by atoms with E-state index >= 15 is 0 Å². The molecule has 0 bridgehead atoms. The van der Waals surface area contributed by atoms with E-state index in [-0.39, 0.29) is 11.9 Å². The molecule has 102 valence electrons. The van der Waals surface area contributed by atoms with Crippen LogP contribution in [0.4, 0.5) is 5.13 Å². The minimum atomic E-state index is 0.0781. The smallest absolute Gasteiger partial charge is 0.228 e. The number of nitrogens with zero attached hydrogens (tertiary/aromatic N) is 2. The molecule has 0 aliphatic rings. The predicted molar refractivity (Wildman–Crippen MR) is 80.5 cm³/mol. The topological polar surface area (TPSA) is 59.2 Å². The number of carbonyl (C=O) groups excluding carboxylic acids is 1. The number of amides is 1. The van der Waals surface area contributed by atoms with Gasteiger partial charge >= 0.3 is 0 Å². The molecule has 2 aromatic rings. The average Bonchev–Trinajstić information content (AvgIpc) is 3.00. The van der Waals surface area contributed by atoms with Crippen molar-refractivity contribution in [1.29, 1.82) is 0 Å². The Morgan fingerprint density at radius 3 is 2.89 bits per heavy atom. The summed E-state index contributed by atoms with van der Waals surface area (Å²) in [5.74, 6) is 0.0781. The molecule has 2 N–H and O–H groups in total. The summed E-state index contributed by atoms with van der Waals surface area (Å²) in [6.45, 7) is 2.06. The molecule has 2 rings (SSSR count). The van der Waals surface area contributed by atoms with Crippen molar-refractivity contribution >= 4 is 33.7 Å². The Morgan fingerprint density at radius 2 is 2.32 bits per heavy atom. The number of thiophene rings is 1. The second-order valence-electron chi connectivity index (χ2n) is 4.49. The number of rotatable bonds is 5. The van der Waals surface area contributed by atoms with E-state index in [0.29, 0.717) is 11.6 Å². The van der Waals surface area contributed by atoms with Gasteiger partial charge in [0.15, 0.2) is 5.13 Å². The standard InChI is InChI=1S/C13H17N3OS2/c1-9(6-11-4-3-5-18-11)16(2)12(17)7-10-8-19-13(14)15-10/h3-5,8-9H,6-7H2,1-2H3,(H2,14,15). The van der Waals surface area contributed by atoms with Crippen molar-refractivity contribution in [1.82, 2.24) is 9.88 Å². The molecular weight excluding hydrogens is 278 g/mol. The summed E-state index contributed by atoms with van der Waals surface area (Å²) in [7, 11) is 1.84. The van der Waals surface area contributed by atoms with Gasteiger partial charge in [0.2, 0.25) is 5.91 Å². The summed E-state index contributed by atoms with van der Waals surface area (Å²) in [5, 5.41) is 4.41. The molecule has 0 aliphatic heterocycles. The minimum absolute atomic E-state index is 0.0781. The number of likely N-dealkylation sites (N-methyl/N-ethyl adjacent to an activating group) is 1. The highest BCUT2D eigenvalue weighted by molar-refractivity contribution is 7.13. The maximum Gasteiger partial charge on any atom is 0.228 e. The van der Waals surface area contributed by atoms with Gasteiger partial charge in [-0.2, -0.15) is 0 Å². The lowest BCUT2D eigenvalue weighted by Crippen LogP contribution is -2.37. The molecule has 2 aromatic heterocycles. The number of nitrogen functional groups attached to an aromatic ring is 1. The molecule has 2 heterocycles. The fourth-order valence-electron chi connectivity index (χ4n) is 1.79. The van der Waals surface area contributed by atoms with Gasteiger partial charge in [-0.1, -0.05) is 6.07 Å². The summed E-state index contributed by atoms with van der Waals surface area (Å²) < 4.78 is 0. The van der Waals surface area contributed by atoms with Gasteiger partial charge in [0.05, 0.1) is 12.1 Å². The Balaban J connectivity index is 1.91. The fraction of sp³-hybridized carbons (Fsp3) is 0.385. The first kappa shape index (κ1) is 14.0. The average molecular weight is 295 g/mol. The Bertz CT molecular complexity index is 536. The maximum absolute atomic E-state index is 12.1. The van der Waals surface area contributed by atoms with E-state index < -0.39 is 0 Å². The summed E-state index contributed by atoms with van der Waals surface area (Å²) in [6.07, 6.45) is 1.21. The van der Waals surface area contributed by atoms with Crippen LogP contribution in [0, 0.1) is 0 Å². The third-order valence-corrected chi connectivity index (χ3v) is 4.65. The van der Waals surface area contributed by atoms with E-state index in [1.165, 1.54) is 16.2 Å². The van der Waals surface area contributed by atoms with Gasteiger partial charge in [-0.15, -0.1) is 22.7 Å². The Morgan fingerprint density at radius 1 is 1.53 bits per heavy atom. The molecule has 0 aliphatic carbocycles. The van der Waals surface area contributed by atoms with Gasteiger partial charge in [0, 0.05) is 29.8 Å². The lowest BCUT2D eigenvalue weighted by atomic mass is 10.1. The van der Waals surface area contributed by atoms with Gasteiger partial charge < -0.3 is 10.6 Å². The molecule has 0 spiro atoms. The molecule has 0 saturated carbocycles. The normalized spacial score (nSPS) is 12.3. The van der Waals surface area contributed by atoms with Crippen LogP contribution in [0.3, 0.4) is 0 Å². The van der Waals surface area contributed by atoms with Gasteiger partial charge in [-0.05, 0) is 18.4 Å². The Labute approximate surface area is 120 Å². The van der Waals surface area contributed by atoms with E-state index in [1.807, 2.05) is 18.5 Å². The summed E-state index contributed by atoms with van der Waals surface area (Å²) in [6, 6.07) is 4.31. The van der Waals surface area contributed by atoms with Crippen LogP contribution in [0.15, 0.2) is 22.9 Å². The number of anilines is 1. The molecule has 1 unspecified atom stereocenters. The van der Waals surface area contributed by atoms with Crippen molar-refractivity contribution in [3.8, 4) is 0 Å². The highest BCUT2D eigenvalue weighted by atomic mass is 32.1. The summed E-state index contributed by atoms with van der Waals surface area (Å²) in [4.78, 5) is 19.3. The molecule has 0 aromatic carbocycles. The van der Waals surface area contributed by atoms with Crippen molar-refractivity contribution in [2.45, 2.75) is 25.8 Å². The van der Waals surface area contributed by atoms with Crippen LogP contribution in [-0.2, 0) is 17.6 Å². The zero-order chi connectivity index (χ0) is 13.8. The molecule has 0 radical (unpaired) electrons. The van der Waals surface area contributed by atoms with Gasteiger partial charge in [0.25, 0.3) is 0 Å². The molecule has 0 fully saturated rings. The van der Waals surface area contributed by atoms with E-state index in [9.17, 15) is 4.79 Å². The first-order chi connectivity index (χ1) is 9.06. The fourth-order valence-corrected chi connectivity index (χ4v) is 3.18. The van der Waals surface area contributed by atoms with Crippen LogP contribution in [0.1, 0.15) is 17.5 Å². The second kappa shape index (κ2) is 6.16. The molecule has 19 heavy (non-hydrogen) atoms. The monoisotopic (exact) mass is 295 g/mol. The van der Waals surface area contributed by atoms with Gasteiger partial charge in [0.1, 0.15) is 0 Å². The highest BCUT2D eigenvalue weighted by Gasteiger charge is 2.17. The van der Waals surface area contributed by atoms with Crippen molar-refractivity contribution in [2.24, 2.45) is 0 Å². The lowest BCUT2D eigenvalue weighted by molar-refractivity contribution is -0.130. The number of hydrogen-bond donors (Lipinski definition) is 1. The Hall–Kier alpha value is -1.40. The number of carbonyl (C=O) groups is 1.